The van der Waals surface area contributed by atoms with Crippen LogP contribution in [0, 0.1) is 11.8 Å². The van der Waals surface area contributed by atoms with E-state index in [0.29, 0.717) is 11.8 Å². The van der Waals surface area contributed by atoms with Gasteiger partial charge in [-0.3, -0.25) is 0 Å². The largest absolute Gasteiger partial charge is 0.356 e. The molecule has 0 aliphatic carbocycles. The van der Waals surface area contributed by atoms with Gasteiger partial charge in [-0.1, -0.05) is 0 Å². The Morgan fingerprint density at radius 3 is 2.42 bits per heavy atom. The van der Waals surface area contributed by atoms with Crippen LogP contribution in [0.15, 0.2) is 42.4 Å². The van der Waals surface area contributed by atoms with E-state index in [9.17, 15) is 0 Å². The average molecular weight is 339 g/mol. The van der Waals surface area contributed by atoms with E-state index in [1.165, 1.54) is 0 Å². The molecule has 2 aliphatic heterocycles. The summed E-state index contributed by atoms with van der Waals surface area (Å²) in [6.07, 6.45) is 7.17. The lowest BCUT2D eigenvalue weighted by Gasteiger charge is -2.22. The van der Waals surface area contributed by atoms with Crippen molar-refractivity contribution >= 4 is 22.3 Å². The van der Waals surface area contributed by atoms with Crippen molar-refractivity contribution in [2.75, 3.05) is 36.0 Å². The summed E-state index contributed by atoms with van der Waals surface area (Å²) in [5, 5.41) is 7.45. The van der Waals surface area contributed by atoms with Crippen LogP contribution < -0.4 is 9.80 Å². The molecule has 2 unspecified atom stereocenters. The molecular formula is C16H17N7S. The molecule has 0 radical (unpaired) electrons. The maximum atomic E-state index is 4.48. The first-order valence-electron chi connectivity index (χ1n) is 8.08. The standard InChI is InChI=1S/C16H17N7S/c1-2-20-23(4-1)15-6-14(18-11-19-15)21-7-12-9-22(10-13(12)8-21)16-17-3-5-24-16/h1-6,11-13H,7-10H2. The molecule has 0 spiro atoms. The second kappa shape index (κ2) is 5.55. The van der Waals surface area contributed by atoms with Crippen molar-refractivity contribution in [3.63, 3.8) is 0 Å². The Labute approximate surface area is 143 Å². The summed E-state index contributed by atoms with van der Waals surface area (Å²) >= 11 is 1.73. The molecule has 3 aromatic heterocycles. The Bertz CT molecular complexity index is 803. The second-order valence-corrected chi connectivity index (χ2v) is 7.20. The predicted octanol–water partition coefficient (Wildman–Crippen LogP) is 1.69. The molecule has 8 heteroatoms. The van der Waals surface area contributed by atoms with Gasteiger partial charge in [0, 0.05) is 68.1 Å². The first-order chi connectivity index (χ1) is 11.9. The van der Waals surface area contributed by atoms with Crippen LogP contribution in [-0.4, -0.2) is 50.9 Å². The lowest BCUT2D eigenvalue weighted by molar-refractivity contribution is 0.533. The number of rotatable bonds is 3. The zero-order chi connectivity index (χ0) is 15.9. The topological polar surface area (TPSA) is 63.0 Å². The minimum Gasteiger partial charge on any atom is -0.356 e. The van der Waals surface area contributed by atoms with Crippen LogP contribution in [0.2, 0.25) is 0 Å². The van der Waals surface area contributed by atoms with Gasteiger partial charge in [0.15, 0.2) is 10.9 Å². The first-order valence-corrected chi connectivity index (χ1v) is 8.96. The number of nitrogens with zero attached hydrogens (tertiary/aromatic N) is 7. The molecule has 3 aromatic rings. The number of aromatic nitrogens is 5. The van der Waals surface area contributed by atoms with E-state index in [4.69, 9.17) is 0 Å². The maximum absolute atomic E-state index is 4.48. The summed E-state index contributed by atoms with van der Waals surface area (Å²) in [5.41, 5.74) is 0. The van der Waals surface area contributed by atoms with Gasteiger partial charge in [0.05, 0.1) is 0 Å². The predicted molar refractivity (Wildman–Crippen MR) is 92.7 cm³/mol. The van der Waals surface area contributed by atoms with E-state index in [1.54, 1.807) is 28.5 Å². The molecule has 122 valence electrons. The van der Waals surface area contributed by atoms with Gasteiger partial charge in [0.1, 0.15) is 12.1 Å². The molecule has 2 saturated heterocycles. The summed E-state index contributed by atoms with van der Waals surface area (Å²) in [6, 6.07) is 3.92. The molecule has 2 atom stereocenters. The fraction of sp³-hybridized carbons (Fsp3) is 0.375. The molecule has 0 aromatic carbocycles. The Hall–Kier alpha value is -2.48. The summed E-state index contributed by atoms with van der Waals surface area (Å²) in [4.78, 5) is 18.0. The molecule has 5 heterocycles. The van der Waals surface area contributed by atoms with Crippen molar-refractivity contribution in [1.82, 2.24) is 24.7 Å². The lowest BCUT2D eigenvalue weighted by Crippen LogP contribution is -2.29. The highest BCUT2D eigenvalue weighted by molar-refractivity contribution is 7.13. The molecule has 24 heavy (non-hydrogen) atoms. The van der Waals surface area contributed by atoms with Crippen molar-refractivity contribution in [3.05, 3.63) is 42.4 Å². The lowest BCUT2D eigenvalue weighted by atomic mass is 10.0. The third kappa shape index (κ3) is 2.34. The van der Waals surface area contributed by atoms with Gasteiger partial charge >= 0.3 is 0 Å². The highest BCUT2D eigenvalue weighted by Gasteiger charge is 2.41. The van der Waals surface area contributed by atoms with Crippen molar-refractivity contribution in [2.45, 2.75) is 0 Å². The van der Waals surface area contributed by atoms with Gasteiger partial charge in [-0.2, -0.15) is 5.10 Å². The minimum atomic E-state index is 0.678. The summed E-state index contributed by atoms with van der Waals surface area (Å²) < 4.78 is 1.77. The molecular weight excluding hydrogens is 322 g/mol. The van der Waals surface area contributed by atoms with Crippen molar-refractivity contribution < 1.29 is 0 Å². The molecule has 2 fully saturated rings. The SMILES string of the molecule is c1cnn(-c2cc(N3CC4CN(c5nccs5)CC4C3)ncn2)c1. The van der Waals surface area contributed by atoms with Crippen LogP contribution in [0.1, 0.15) is 0 Å². The second-order valence-electron chi connectivity index (χ2n) is 6.33. The van der Waals surface area contributed by atoms with E-state index in [0.717, 1.165) is 42.9 Å². The monoisotopic (exact) mass is 339 g/mol. The molecule has 0 bridgehead atoms. The van der Waals surface area contributed by atoms with E-state index in [1.807, 2.05) is 29.9 Å². The van der Waals surface area contributed by atoms with Crippen molar-refractivity contribution in [2.24, 2.45) is 11.8 Å². The third-order valence-corrected chi connectivity index (χ3v) is 5.71. The van der Waals surface area contributed by atoms with Gasteiger partial charge < -0.3 is 9.80 Å². The fourth-order valence-corrected chi connectivity index (χ4v) is 4.41. The van der Waals surface area contributed by atoms with Crippen LogP contribution in [-0.2, 0) is 0 Å². The van der Waals surface area contributed by atoms with Crippen LogP contribution in [0.25, 0.3) is 5.82 Å². The Morgan fingerprint density at radius 1 is 0.917 bits per heavy atom. The van der Waals surface area contributed by atoms with Gasteiger partial charge in [-0.25, -0.2) is 19.6 Å². The Kier molecular flexibility index (Phi) is 3.22. The van der Waals surface area contributed by atoms with Crippen LogP contribution in [0.3, 0.4) is 0 Å². The minimum absolute atomic E-state index is 0.678. The number of anilines is 2. The molecule has 0 saturated carbocycles. The summed E-state index contributed by atoms with van der Waals surface area (Å²) in [6.45, 7) is 4.27. The van der Waals surface area contributed by atoms with Gasteiger partial charge in [0.2, 0.25) is 0 Å². The molecule has 0 amide bonds. The smallest absolute Gasteiger partial charge is 0.185 e. The van der Waals surface area contributed by atoms with E-state index in [2.05, 4.69) is 29.9 Å². The van der Waals surface area contributed by atoms with Crippen LogP contribution in [0.5, 0.6) is 0 Å². The number of hydrogen-bond donors (Lipinski definition) is 0. The quantitative estimate of drug-likeness (QED) is 0.724. The number of thiazole rings is 1. The van der Waals surface area contributed by atoms with Crippen molar-refractivity contribution in [3.8, 4) is 5.82 Å². The summed E-state index contributed by atoms with van der Waals surface area (Å²) in [7, 11) is 0. The van der Waals surface area contributed by atoms with Gasteiger partial charge in [-0.05, 0) is 6.07 Å². The first kappa shape index (κ1) is 13.9. The van der Waals surface area contributed by atoms with E-state index < -0.39 is 0 Å². The highest BCUT2D eigenvalue weighted by atomic mass is 32.1. The Balaban J connectivity index is 1.32. The van der Waals surface area contributed by atoms with Gasteiger partial charge in [0.25, 0.3) is 0 Å². The third-order valence-electron chi connectivity index (χ3n) is 4.88. The van der Waals surface area contributed by atoms with Crippen molar-refractivity contribution in [1.29, 1.82) is 0 Å². The van der Waals surface area contributed by atoms with Gasteiger partial charge in [-0.15, -0.1) is 11.3 Å². The fourth-order valence-electron chi connectivity index (χ4n) is 3.75. The normalized spacial score (nSPS) is 23.0. The molecule has 0 N–H and O–H groups in total. The van der Waals surface area contributed by atoms with Crippen LogP contribution >= 0.6 is 11.3 Å². The van der Waals surface area contributed by atoms with E-state index in [-0.39, 0.29) is 0 Å². The zero-order valence-electron chi connectivity index (χ0n) is 13.1. The number of fused-ring (bicyclic) bond motifs is 1. The Morgan fingerprint density at radius 2 is 1.71 bits per heavy atom. The molecule has 7 nitrogen and oxygen atoms in total. The molecule has 5 rings (SSSR count). The van der Waals surface area contributed by atoms with Crippen LogP contribution in [0.4, 0.5) is 10.9 Å². The zero-order valence-corrected chi connectivity index (χ0v) is 13.9. The average Bonchev–Trinajstić information content (AvgIpc) is 3.37. The van der Waals surface area contributed by atoms with E-state index >= 15 is 0 Å². The highest BCUT2D eigenvalue weighted by Crippen LogP contribution is 2.36. The summed E-state index contributed by atoms with van der Waals surface area (Å²) in [5.74, 6) is 3.16. The number of hydrogen-bond acceptors (Lipinski definition) is 7. The molecule has 2 aliphatic rings. The maximum Gasteiger partial charge on any atom is 0.185 e.